The fourth-order valence-corrected chi connectivity index (χ4v) is 2.17. The molecular weight excluding hydrogens is 263 g/mol. The van der Waals surface area contributed by atoms with E-state index in [-0.39, 0.29) is 12.5 Å². The molecule has 1 saturated carbocycles. The van der Waals surface area contributed by atoms with E-state index in [1.54, 1.807) is 13.0 Å². The number of amides is 1. The summed E-state index contributed by atoms with van der Waals surface area (Å²) < 4.78 is 13.1. The Morgan fingerprint density at radius 1 is 1.40 bits per heavy atom. The van der Waals surface area contributed by atoms with Crippen LogP contribution in [0.3, 0.4) is 0 Å². The number of carbonyl (C=O) groups is 2. The van der Waals surface area contributed by atoms with Crippen LogP contribution >= 0.6 is 0 Å². The average molecular weight is 280 g/mol. The molecule has 0 atom stereocenters. The molecule has 0 spiro atoms. The van der Waals surface area contributed by atoms with Crippen LogP contribution in [0.25, 0.3) is 0 Å². The number of hydrogen-bond donors (Lipinski definition) is 3. The first kappa shape index (κ1) is 14.5. The van der Waals surface area contributed by atoms with Crippen LogP contribution in [0.5, 0.6) is 0 Å². The quantitative estimate of drug-likeness (QED) is 0.766. The molecule has 1 aliphatic carbocycles. The lowest BCUT2D eigenvalue weighted by molar-refractivity contribution is -0.148. The minimum Gasteiger partial charge on any atom is -0.480 e. The van der Waals surface area contributed by atoms with E-state index in [4.69, 9.17) is 5.11 Å². The van der Waals surface area contributed by atoms with Crippen molar-refractivity contribution in [3.8, 4) is 0 Å². The summed E-state index contributed by atoms with van der Waals surface area (Å²) in [4.78, 5) is 22.9. The number of rotatable bonds is 5. The average Bonchev–Trinajstić information content (AvgIpc) is 2.32. The molecule has 3 N–H and O–H groups in total. The van der Waals surface area contributed by atoms with Crippen molar-refractivity contribution in [3.05, 3.63) is 29.6 Å². The van der Waals surface area contributed by atoms with Crippen LogP contribution in [0, 0.1) is 12.7 Å². The van der Waals surface area contributed by atoms with E-state index < -0.39 is 17.3 Å². The maximum Gasteiger partial charge on any atom is 0.323 e. The highest BCUT2D eigenvalue weighted by molar-refractivity contribution is 5.93. The highest BCUT2D eigenvalue weighted by Gasteiger charge is 2.44. The molecule has 0 saturated heterocycles. The Bertz CT molecular complexity index is 541. The molecule has 1 aromatic carbocycles. The van der Waals surface area contributed by atoms with Gasteiger partial charge in [0.2, 0.25) is 5.91 Å². The summed E-state index contributed by atoms with van der Waals surface area (Å²) in [6, 6.07) is 4.13. The van der Waals surface area contributed by atoms with Crippen LogP contribution in [0.15, 0.2) is 18.2 Å². The second-order valence-corrected chi connectivity index (χ2v) is 5.10. The highest BCUT2D eigenvalue weighted by Crippen LogP contribution is 2.31. The van der Waals surface area contributed by atoms with Gasteiger partial charge in [0.05, 0.1) is 6.54 Å². The molecule has 0 aromatic heterocycles. The molecule has 0 bridgehead atoms. The number of carboxylic acids is 1. The van der Waals surface area contributed by atoms with Crippen LogP contribution in [-0.2, 0) is 9.59 Å². The molecule has 20 heavy (non-hydrogen) atoms. The van der Waals surface area contributed by atoms with Gasteiger partial charge in [-0.25, -0.2) is 4.39 Å². The second-order valence-electron chi connectivity index (χ2n) is 5.10. The normalized spacial score (nSPS) is 16.3. The van der Waals surface area contributed by atoms with E-state index in [1.807, 2.05) is 0 Å². The van der Waals surface area contributed by atoms with Crippen molar-refractivity contribution >= 4 is 17.6 Å². The SMILES string of the molecule is Cc1ccc(F)cc1NC(=O)CNC1(C(=O)O)CCC1. The molecular formula is C14H17FN2O3. The van der Waals surface area contributed by atoms with E-state index in [1.165, 1.54) is 12.1 Å². The standard InChI is InChI=1S/C14H17FN2O3/c1-9-3-4-10(15)7-11(9)17-12(18)8-16-14(13(19)20)5-2-6-14/h3-4,7,16H,2,5-6,8H2,1H3,(H,17,18)(H,19,20). The number of aryl methyl sites for hydroxylation is 1. The van der Waals surface area contributed by atoms with Gasteiger partial charge in [0, 0.05) is 5.69 Å². The van der Waals surface area contributed by atoms with E-state index in [9.17, 15) is 14.0 Å². The highest BCUT2D eigenvalue weighted by atomic mass is 19.1. The van der Waals surface area contributed by atoms with Crippen molar-refractivity contribution in [2.75, 3.05) is 11.9 Å². The number of carboxylic acid groups (broad SMARTS) is 1. The molecule has 0 radical (unpaired) electrons. The largest absolute Gasteiger partial charge is 0.480 e. The molecule has 1 aliphatic rings. The predicted molar refractivity (Wildman–Crippen MR) is 72.0 cm³/mol. The van der Waals surface area contributed by atoms with Crippen LogP contribution in [0.1, 0.15) is 24.8 Å². The second kappa shape index (κ2) is 5.58. The lowest BCUT2D eigenvalue weighted by Gasteiger charge is -2.38. The van der Waals surface area contributed by atoms with Gasteiger partial charge in [-0.05, 0) is 43.9 Å². The topological polar surface area (TPSA) is 78.4 Å². The molecule has 1 aromatic rings. The lowest BCUT2D eigenvalue weighted by Crippen LogP contribution is -2.58. The third-order valence-corrected chi connectivity index (χ3v) is 3.68. The number of anilines is 1. The van der Waals surface area contributed by atoms with Crippen LogP contribution in [0.4, 0.5) is 10.1 Å². The number of halogens is 1. The van der Waals surface area contributed by atoms with E-state index in [2.05, 4.69) is 10.6 Å². The zero-order valence-electron chi connectivity index (χ0n) is 11.2. The van der Waals surface area contributed by atoms with Crippen molar-refractivity contribution in [2.24, 2.45) is 0 Å². The van der Waals surface area contributed by atoms with Gasteiger partial charge < -0.3 is 10.4 Å². The van der Waals surface area contributed by atoms with E-state index in [0.717, 1.165) is 12.0 Å². The van der Waals surface area contributed by atoms with Gasteiger partial charge in [-0.3, -0.25) is 14.9 Å². The van der Waals surface area contributed by atoms with Gasteiger partial charge in [-0.1, -0.05) is 6.07 Å². The molecule has 6 heteroatoms. The van der Waals surface area contributed by atoms with Gasteiger partial charge in [-0.2, -0.15) is 0 Å². The summed E-state index contributed by atoms with van der Waals surface area (Å²) in [6.45, 7) is 1.65. The van der Waals surface area contributed by atoms with Crippen molar-refractivity contribution in [1.29, 1.82) is 0 Å². The summed E-state index contributed by atoms with van der Waals surface area (Å²) >= 11 is 0. The van der Waals surface area contributed by atoms with Crippen LogP contribution in [0.2, 0.25) is 0 Å². The van der Waals surface area contributed by atoms with Crippen molar-refractivity contribution in [1.82, 2.24) is 5.32 Å². The number of benzene rings is 1. The molecule has 2 rings (SSSR count). The van der Waals surface area contributed by atoms with Crippen molar-refractivity contribution in [2.45, 2.75) is 31.7 Å². The van der Waals surface area contributed by atoms with Crippen LogP contribution < -0.4 is 10.6 Å². The summed E-state index contributed by atoms with van der Waals surface area (Å²) in [6.07, 6.45) is 1.88. The summed E-state index contributed by atoms with van der Waals surface area (Å²) in [5.41, 5.74) is 0.167. The Morgan fingerprint density at radius 3 is 2.65 bits per heavy atom. The number of nitrogens with one attached hydrogen (secondary N) is 2. The third kappa shape index (κ3) is 2.96. The molecule has 1 amide bonds. The van der Waals surface area contributed by atoms with Crippen molar-refractivity contribution < 1.29 is 19.1 Å². The maximum absolute atomic E-state index is 13.1. The molecule has 0 heterocycles. The summed E-state index contributed by atoms with van der Waals surface area (Å²) in [5, 5.41) is 14.5. The third-order valence-electron chi connectivity index (χ3n) is 3.68. The monoisotopic (exact) mass is 280 g/mol. The first-order valence-electron chi connectivity index (χ1n) is 6.47. The minimum atomic E-state index is -0.978. The Hall–Kier alpha value is -1.95. The van der Waals surface area contributed by atoms with Gasteiger partial charge in [0.15, 0.2) is 0 Å². The zero-order valence-corrected chi connectivity index (χ0v) is 11.2. The minimum absolute atomic E-state index is 0.109. The van der Waals surface area contributed by atoms with Crippen LogP contribution in [-0.4, -0.2) is 29.1 Å². The summed E-state index contributed by atoms with van der Waals surface area (Å²) in [5.74, 6) is -1.75. The van der Waals surface area contributed by atoms with Gasteiger partial charge in [-0.15, -0.1) is 0 Å². The smallest absolute Gasteiger partial charge is 0.323 e. The molecule has 5 nitrogen and oxygen atoms in total. The fourth-order valence-electron chi connectivity index (χ4n) is 2.17. The predicted octanol–water partition coefficient (Wildman–Crippen LogP) is 1.67. The first-order chi connectivity index (χ1) is 9.43. The first-order valence-corrected chi connectivity index (χ1v) is 6.47. The van der Waals surface area contributed by atoms with Crippen molar-refractivity contribution in [3.63, 3.8) is 0 Å². The molecule has 1 fully saturated rings. The maximum atomic E-state index is 13.1. The number of hydrogen-bond acceptors (Lipinski definition) is 3. The van der Waals surface area contributed by atoms with E-state index in [0.29, 0.717) is 18.5 Å². The lowest BCUT2D eigenvalue weighted by atomic mass is 9.77. The van der Waals surface area contributed by atoms with Gasteiger partial charge >= 0.3 is 5.97 Å². The Kier molecular flexibility index (Phi) is 4.04. The van der Waals surface area contributed by atoms with E-state index >= 15 is 0 Å². The Labute approximate surface area is 116 Å². The van der Waals surface area contributed by atoms with Gasteiger partial charge in [0.25, 0.3) is 0 Å². The summed E-state index contributed by atoms with van der Waals surface area (Å²) in [7, 11) is 0. The fraction of sp³-hybridized carbons (Fsp3) is 0.429. The molecule has 0 aliphatic heterocycles. The molecule has 108 valence electrons. The molecule has 0 unspecified atom stereocenters. The Balaban J connectivity index is 1.93. The number of aliphatic carboxylic acids is 1. The zero-order chi connectivity index (χ0) is 14.8. The number of carbonyl (C=O) groups excluding carboxylic acids is 1. The Morgan fingerprint density at radius 2 is 2.10 bits per heavy atom. The van der Waals surface area contributed by atoms with Gasteiger partial charge in [0.1, 0.15) is 11.4 Å².